The van der Waals surface area contributed by atoms with Crippen molar-refractivity contribution >= 4 is 5.97 Å². The Kier molecular flexibility index (Phi) is 4.26. The first-order chi connectivity index (χ1) is 3.77. The van der Waals surface area contributed by atoms with E-state index in [1.54, 1.807) is 7.05 Å². The van der Waals surface area contributed by atoms with Crippen molar-refractivity contribution in [2.75, 3.05) is 13.6 Å². The Morgan fingerprint density at radius 1 is 1.62 bits per heavy atom. The summed E-state index contributed by atoms with van der Waals surface area (Å²) in [7, 11) is 1.79. The normalized spacial score (nSPS) is 9.12. The third kappa shape index (κ3) is 5.43. The molecular formula is C5H10NO2. The summed E-state index contributed by atoms with van der Waals surface area (Å²) < 4.78 is 0. The quantitative estimate of drug-likeness (QED) is 0.523. The van der Waals surface area contributed by atoms with Gasteiger partial charge in [-0.2, -0.15) is 0 Å². The van der Waals surface area contributed by atoms with Crippen molar-refractivity contribution in [2.24, 2.45) is 0 Å². The molecule has 0 aromatic heterocycles. The molecule has 0 aliphatic rings. The van der Waals surface area contributed by atoms with Gasteiger partial charge >= 0.3 is 5.97 Å². The molecule has 0 bridgehead atoms. The van der Waals surface area contributed by atoms with Crippen LogP contribution in [0.2, 0.25) is 0 Å². The molecule has 0 saturated heterocycles. The van der Waals surface area contributed by atoms with Crippen LogP contribution in [0.15, 0.2) is 0 Å². The summed E-state index contributed by atoms with van der Waals surface area (Å²) in [6, 6.07) is 0. The molecule has 0 aliphatic carbocycles. The number of nitrogens with one attached hydrogen (secondary N) is 1. The van der Waals surface area contributed by atoms with Gasteiger partial charge in [0.15, 0.2) is 0 Å². The summed E-state index contributed by atoms with van der Waals surface area (Å²) in [6.45, 7) is 0.744. The van der Waals surface area contributed by atoms with Crippen LogP contribution >= 0.6 is 0 Å². The van der Waals surface area contributed by atoms with Gasteiger partial charge < -0.3 is 5.32 Å². The van der Waals surface area contributed by atoms with Crippen molar-refractivity contribution in [1.82, 2.24) is 5.32 Å². The lowest BCUT2D eigenvalue weighted by Gasteiger charge is -1.90. The molecule has 1 N–H and O–H groups in total. The average molecular weight is 116 g/mol. The second-order valence-corrected chi connectivity index (χ2v) is 1.58. The third-order valence-corrected chi connectivity index (χ3v) is 0.808. The molecule has 8 heavy (non-hydrogen) atoms. The van der Waals surface area contributed by atoms with Gasteiger partial charge in [0.2, 0.25) is 0 Å². The first-order valence-electron chi connectivity index (χ1n) is 2.62. The summed E-state index contributed by atoms with van der Waals surface area (Å²) in [5.41, 5.74) is 0. The molecule has 0 saturated carbocycles. The Morgan fingerprint density at radius 2 is 2.25 bits per heavy atom. The molecule has 0 spiro atoms. The van der Waals surface area contributed by atoms with E-state index in [0.717, 1.165) is 6.54 Å². The van der Waals surface area contributed by atoms with E-state index in [1.807, 2.05) is 0 Å². The molecule has 0 rings (SSSR count). The highest BCUT2D eigenvalue weighted by Gasteiger charge is 1.95. The molecule has 0 unspecified atom stereocenters. The zero-order valence-corrected chi connectivity index (χ0v) is 4.94. The van der Waals surface area contributed by atoms with Crippen LogP contribution < -0.4 is 5.32 Å². The minimum atomic E-state index is -0.972. The maximum Gasteiger partial charge on any atom is 0.355 e. The Labute approximate surface area is 48.7 Å². The lowest BCUT2D eigenvalue weighted by Crippen LogP contribution is -2.08. The summed E-state index contributed by atoms with van der Waals surface area (Å²) >= 11 is 0. The van der Waals surface area contributed by atoms with Gasteiger partial charge in [0.25, 0.3) is 0 Å². The molecule has 3 heteroatoms. The van der Waals surface area contributed by atoms with Crippen molar-refractivity contribution in [2.45, 2.75) is 12.8 Å². The van der Waals surface area contributed by atoms with Gasteiger partial charge in [0.1, 0.15) is 0 Å². The second-order valence-electron chi connectivity index (χ2n) is 1.58. The van der Waals surface area contributed by atoms with E-state index in [2.05, 4.69) is 5.32 Å². The number of hydrogen-bond donors (Lipinski definition) is 1. The SMILES string of the molecule is CNCCCC([O])=O. The highest BCUT2D eigenvalue weighted by molar-refractivity contribution is 5.66. The Bertz CT molecular complexity index is 72.8. The van der Waals surface area contributed by atoms with Crippen molar-refractivity contribution < 1.29 is 9.90 Å². The zero-order chi connectivity index (χ0) is 6.41. The van der Waals surface area contributed by atoms with Gasteiger partial charge in [-0.25, -0.2) is 9.90 Å². The van der Waals surface area contributed by atoms with Crippen molar-refractivity contribution in [3.05, 3.63) is 0 Å². The maximum absolute atomic E-state index is 9.74. The molecule has 3 nitrogen and oxygen atoms in total. The molecule has 0 fully saturated rings. The number of rotatable bonds is 4. The minimum Gasteiger partial charge on any atom is -0.320 e. The van der Waals surface area contributed by atoms with E-state index in [4.69, 9.17) is 0 Å². The van der Waals surface area contributed by atoms with Crippen LogP contribution in [0.5, 0.6) is 0 Å². The van der Waals surface area contributed by atoms with E-state index < -0.39 is 5.97 Å². The number of carbonyl (C=O) groups is 1. The van der Waals surface area contributed by atoms with Gasteiger partial charge in [0, 0.05) is 0 Å². The van der Waals surface area contributed by atoms with Crippen LogP contribution in [0.3, 0.4) is 0 Å². The number of hydrogen-bond acceptors (Lipinski definition) is 2. The van der Waals surface area contributed by atoms with Crippen LogP contribution in [0, 0.1) is 0 Å². The highest BCUT2D eigenvalue weighted by Crippen LogP contribution is 1.84. The lowest BCUT2D eigenvalue weighted by molar-refractivity contribution is -0.143. The Balaban J connectivity index is 2.82. The maximum atomic E-state index is 9.74. The summed E-state index contributed by atoms with van der Waals surface area (Å²) in [6.07, 6.45) is 0.805. The fraction of sp³-hybridized carbons (Fsp3) is 0.800. The standard InChI is InChI=1S/C5H10NO2/c1-6-4-2-3-5(7)8/h6H,2-4H2,1H3. The molecule has 0 aromatic rings. The Hall–Kier alpha value is -0.570. The van der Waals surface area contributed by atoms with Gasteiger partial charge in [-0.1, -0.05) is 0 Å². The van der Waals surface area contributed by atoms with Crippen LogP contribution in [0.25, 0.3) is 0 Å². The van der Waals surface area contributed by atoms with Crippen molar-refractivity contribution in [1.29, 1.82) is 0 Å². The van der Waals surface area contributed by atoms with Gasteiger partial charge in [0.05, 0.1) is 6.42 Å². The van der Waals surface area contributed by atoms with E-state index in [9.17, 15) is 9.90 Å². The molecule has 0 heterocycles. The van der Waals surface area contributed by atoms with Crippen LogP contribution in [-0.4, -0.2) is 19.6 Å². The molecule has 0 aromatic carbocycles. The highest BCUT2D eigenvalue weighted by atomic mass is 16.4. The molecule has 0 atom stereocenters. The molecule has 0 amide bonds. The van der Waals surface area contributed by atoms with Crippen LogP contribution in [0.4, 0.5) is 0 Å². The summed E-state index contributed by atoms with van der Waals surface area (Å²) in [5.74, 6) is -0.972. The monoisotopic (exact) mass is 116 g/mol. The first kappa shape index (κ1) is 7.43. The predicted molar refractivity (Wildman–Crippen MR) is 28.9 cm³/mol. The molecule has 1 radical (unpaired) electrons. The van der Waals surface area contributed by atoms with Crippen molar-refractivity contribution in [3.63, 3.8) is 0 Å². The van der Waals surface area contributed by atoms with E-state index in [1.165, 1.54) is 0 Å². The first-order valence-corrected chi connectivity index (χ1v) is 2.62. The van der Waals surface area contributed by atoms with E-state index >= 15 is 0 Å². The fourth-order valence-electron chi connectivity index (χ4n) is 0.410. The lowest BCUT2D eigenvalue weighted by atomic mass is 10.3. The fourth-order valence-corrected chi connectivity index (χ4v) is 0.410. The van der Waals surface area contributed by atoms with E-state index in [0.29, 0.717) is 6.42 Å². The van der Waals surface area contributed by atoms with Gasteiger partial charge in [-0.15, -0.1) is 0 Å². The van der Waals surface area contributed by atoms with Crippen LogP contribution in [0.1, 0.15) is 12.8 Å². The molecule has 0 aliphatic heterocycles. The third-order valence-electron chi connectivity index (χ3n) is 0.808. The number of carbonyl (C=O) groups excluding carboxylic acids is 1. The van der Waals surface area contributed by atoms with E-state index in [-0.39, 0.29) is 6.42 Å². The topological polar surface area (TPSA) is 49.0 Å². The molecular weight excluding hydrogens is 106 g/mol. The largest absolute Gasteiger partial charge is 0.355 e. The van der Waals surface area contributed by atoms with Gasteiger partial charge in [-0.3, -0.25) is 0 Å². The van der Waals surface area contributed by atoms with Crippen LogP contribution in [-0.2, 0) is 9.90 Å². The predicted octanol–water partition coefficient (Wildman–Crippen LogP) is -0.0569. The smallest absolute Gasteiger partial charge is 0.320 e. The average Bonchev–Trinajstić information content (AvgIpc) is 1.66. The van der Waals surface area contributed by atoms with Gasteiger partial charge in [-0.05, 0) is 20.0 Å². The zero-order valence-electron chi connectivity index (χ0n) is 4.94. The second kappa shape index (κ2) is 4.59. The minimum absolute atomic E-state index is 0.154. The van der Waals surface area contributed by atoms with Crippen molar-refractivity contribution in [3.8, 4) is 0 Å². The summed E-state index contributed by atoms with van der Waals surface area (Å²) in [4.78, 5) is 9.74. The Morgan fingerprint density at radius 3 is 2.62 bits per heavy atom. The summed E-state index contributed by atoms with van der Waals surface area (Å²) in [5, 5.41) is 12.6. The molecule has 47 valence electrons.